The van der Waals surface area contributed by atoms with Gasteiger partial charge >= 0.3 is 5.97 Å². The number of carboxylic acid groups (broad SMARTS) is 1. The van der Waals surface area contributed by atoms with Crippen LogP contribution in [0.25, 0.3) is 0 Å². The van der Waals surface area contributed by atoms with Crippen molar-refractivity contribution in [1.82, 2.24) is 0 Å². The van der Waals surface area contributed by atoms with E-state index in [0.717, 1.165) is 70.6 Å². The first-order chi connectivity index (χ1) is 13.5. The average molecular weight is 391 g/mol. The van der Waals surface area contributed by atoms with E-state index in [1.54, 1.807) is 0 Å². The number of carbonyl (C=O) groups is 1. The average Bonchev–Trinajstić information content (AvgIpc) is 3.01. The Kier molecular flexibility index (Phi) is 10.0. The number of aliphatic hydroxyl groups excluding tert-OH is 2. The van der Waals surface area contributed by atoms with E-state index in [0.29, 0.717) is 11.8 Å². The van der Waals surface area contributed by atoms with Gasteiger partial charge in [0.2, 0.25) is 0 Å². The highest BCUT2D eigenvalue weighted by Gasteiger charge is 2.34. The molecule has 0 heterocycles. The Hall–Kier alpha value is -1.39. The molecule has 1 aliphatic rings. The van der Waals surface area contributed by atoms with E-state index >= 15 is 0 Å². The van der Waals surface area contributed by atoms with Crippen LogP contribution in [0.3, 0.4) is 0 Å². The number of hydrogen-bond donors (Lipinski definition) is 3. The number of aliphatic hydroxyl groups is 2. The van der Waals surface area contributed by atoms with Crippen LogP contribution >= 0.6 is 0 Å². The first-order valence-electron chi connectivity index (χ1n) is 11.1. The van der Waals surface area contributed by atoms with Gasteiger partial charge in [-0.3, -0.25) is 4.79 Å². The molecule has 28 heavy (non-hydrogen) atoms. The van der Waals surface area contributed by atoms with Crippen LogP contribution in [0.15, 0.2) is 24.3 Å². The molecule has 1 aromatic rings. The second kappa shape index (κ2) is 12.2. The fourth-order valence-electron chi connectivity index (χ4n) is 4.69. The number of unbranched alkanes of at least 4 members (excludes halogenated alkanes) is 3. The van der Waals surface area contributed by atoms with Crippen LogP contribution in [0.2, 0.25) is 0 Å². The summed E-state index contributed by atoms with van der Waals surface area (Å²) >= 11 is 0. The molecule has 0 amide bonds. The molecule has 1 aliphatic carbocycles. The highest BCUT2D eigenvalue weighted by atomic mass is 16.4. The molecule has 1 saturated carbocycles. The summed E-state index contributed by atoms with van der Waals surface area (Å²) in [5.41, 5.74) is 2.59. The zero-order valence-corrected chi connectivity index (χ0v) is 17.4. The fourth-order valence-corrected chi connectivity index (χ4v) is 4.69. The zero-order valence-electron chi connectivity index (χ0n) is 17.4. The third-order valence-electron chi connectivity index (χ3n) is 6.49. The second-order valence-electron chi connectivity index (χ2n) is 8.61. The van der Waals surface area contributed by atoms with E-state index in [4.69, 9.17) is 5.11 Å². The van der Waals surface area contributed by atoms with Crippen molar-refractivity contribution in [3.05, 3.63) is 35.4 Å². The summed E-state index contributed by atoms with van der Waals surface area (Å²) < 4.78 is 0. The molecule has 1 fully saturated rings. The SMILES string of the molecule is Cc1ccccc1CCC(O)CC[C@@H]1C(CCCCCCC(=O)O)CC[C@H]1O. The lowest BCUT2D eigenvalue weighted by atomic mass is 9.85. The molecule has 158 valence electrons. The predicted octanol–water partition coefficient (Wildman–Crippen LogP) is 4.88. The topological polar surface area (TPSA) is 77.8 Å². The second-order valence-corrected chi connectivity index (χ2v) is 8.61. The number of rotatable bonds is 13. The van der Waals surface area contributed by atoms with Gasteiger partial charge in [0.15, 0.2) is 0 Å². The molecule has 4 atom stereocenters. The molecule has 4 heteroatoms. The van der Waals surface area contributed by atoms with Crippen LogP contribution in [0.5, 0.6) is 0 Å². The summed E-state index contributed by atoms with van der Waals surface area (Å²) in [7, 11) is 0. The molecule has 0 bridgehead atoms. The third-order valence-corrected chi connectivity index (χ3v) is 6.49. The highest BCUT2D eigenvalue weighted by molar-refractivity contribution is 5.66. The minimum absolute atomic E-state index is 0.222. The third kappa shape index (κ3) is 7.92. The van der Waals surface area contributed by atoms with E-state index in [9.17, 15) is 15.0 Å². The van der Waals surface area contributed by atoms with E-state index < -0.39 is 5.97 Å². The predicted molar refractivity (Wildman–Crippen MR) is 112 cm³/mol. The summed E-state index contributed by atoms with van der Waals surface area (Å²) in [6.07, 6.45) is 10.1. The minimum atomic E-state index is -0.708. The van der Waals surface area contributed by atoms with Crippen LogP contribution in [0, 0.1) is 18.8 Å². The molecule has 0 saturated heterocycles. The zero-order chi connectivity index (χ0) is 20.4. The maximum Gasteiger partial charge on any atom is 0.303 e. The van der Waals surface area contributed by atoms with Crippen molar-refractivity contribution < 1.29 is 20.1 Å². The molecule has 0 radical (unpaired) electrons. The van der Waals surface area contributed by atoms with Crippen LogP contribution < -0.4 is 0 Å². The maximum absolute atomic E-state index is 10.5. The van der Waals surface area contributed by atoms with Crippen LogP contribution in [-0.4, -0.2) is 33.5 Å². The molecule has 0 spiro atoms. The summed E-state index contributed by atoms with van der Waals surface area (Å²) in [5.74, 6) is 0.158. The smallest absolute Gasteiger partial charge is 0.303 e. The molecular weight excluding hydrogens is 352 g/mol. The van der Waals surface area contributed by atoms with Crippen molar-refractivity contribution in [2.75, 3.05) is 0 Å². The molecule has 1 aromatic carbocycles. The largest absolute Gasteiger partial charge is 0.481 e. The molecule has 2 unspecified atom stereocenters. The van der Waals surface area contributed by atoms with Gasteiger partial charge < -0.3 is 15.3 Å². The molecule has 4 nitrogen and oxygen atoms in total. The van der Waals surface area contributed by atoms with Gasteiger partial charge in [0.1, 0.15) is 0 Å². The Balaban J connectivity index is 1.66. The van der Waals surface area contributed by atoms with E-state index in [1.165, 1.54) is 11.1 Å². The van der Waals surface area contributed by atoms with Crippen molar-refractivity contribution in [2.24, 2.45) is 11.8 Å². The van der Waals surface area contributed by atoms with E-state index in [-0.39, 0.29) is 18.6 Å². The van der Waals surface area contributed by atoms with Crippen molar-refractivity contribution in [1.29, 1.82) is 0 Å². The Morgan fingerprint density at radius 2 is 1.82 bits per heavy atom. The van der Waals surface area contributed by atoms with Crippen molar-refractivity contribution >= 4 is 5.97 Å². The summed E-state index contributed by atoms with van der Waals surface area (Å²) in [6, 6.07) is 8.34. The lowest BCUT2D eigenvalue weighted by Gasteiger charge is -2.23. The van der Waals surface area contributed by atoms with Gasteiger partial charge in [-0.05, 0) is 74.8 Å². The van der Waals surface area contributed by atoms with Crippen molar-refractivity contribution in [3.8, 4) is 0 Å². The Labute approximate surface area is 170 Å². The van der Waals surface area contributed by atoms with Crippen molar-refractivity contribution in [2.45, 2.75) is 96.2 Å². The van der Waals surface area contributed by atoms with Crippen LogP contribution in [0.4, 0.5) is 0 Å². The lowest BCUT2D eigenvalue weighted by Crippen LogP contribution is -2.21. The number of hydrogen-bond acceptors (Lipinski definition) is 3. The first-order valence-corrected chi connectivity index (χ1v) is 11.1. The van der Waals surface area contributed by atoms with Crippen LogP contribution in [-0.2, 0) is 11.2 Å². The standard InChI is InChI=1S/C24H38O4/c1-18-8-6-7-9-19(18)12-14-21(25)15-16-22-20(13-17-23(22)26)10-4-2-3-5-11-24(27)28/h6-9,20-23,25-26H,2-5,10-17H2,1H3,(H,27,28)/t20?,21?,22-,23-/m1/s1. The minimum Gasteiger partial charge on any atom is -0.481 e. The quantitative estimate of drug-likeness (QED) is 0.419. The number of aliphatic carboxylic acids is 1. The van der Waals surface area contributed by atoms with Gasteiger partial charge in [-0.2, -0.15) is 0 Å². The first kappa shape index (κ1) is 22.9. The normalized spacial score (nSPS) is 23.0. The number of benzene rings is 1. The van der Waals surface area contributed by atoms with Gasteiger partial charge in [-0.15, -0.1) is 0 Å². The van der Waals surface area contributed by atoms with Gasteiger partial charge in [0.05, 0.1) is 12.2 Å². The number of carboxylic acids is 1. The monoisotopic (exact) mass is 390 g/mol. The van der Waals surface area contributed by atoms with Crippen molar-refractivity contribution in [3.63, 3.8) is 0 Å². The van der Waals surface area contributed by atoms with Crippen LogP contribution in [0.1, 0.15) is 81.8 Å². The Bertz CT molecular complexity index is 586. The Morgan fingerprint density at radius 3 is 2.57 bits per heavy atom. The maximum atomic E-state index is 10.5. The molecule has 3 N–H and O–H groups in total. The van der Waals surface area contributed by atoms with E-state index in [1.807, 2.05) is 6.07 Å². The molecule has 2 rings (SSSR count). The van der Waals surface area contributed by atoms with Gasteiger partial charge in [-0.1, -0.05) is 49.9 Å². The fraction of sp³-hybridized carbons (Fsp3) is 0.708. The molecule has 0 aromatic heterocycles. The molecule has 0 aliphatic heterocycles. The number of aryl methyl sites for hydroxylation is 2. The van der Waals surface area contributed by atoms with E-state index in [2.05, 4.69) is 25.1 Å². The van der Waals surface area contributed by atoms with Gasteiger partial charge in [0.25, 0.3) is 0 Å². The summed E-state index contributed by atoms with van der Waals surface area (Å²) in [5, 5.41) is 29.5. The highest BCUT2D eigenvalue weighted by Crippen LogP contribution is 2.39. The van der Waals surface area contributed by atoms with Gasteiger partial charge in [-0.25, -0.2) is 0 Å². The molecular formula is C24H38O4. The summed E-state index contributed by atoms with van der Waals surface area (Å²) in [4.78, 5) is 10.5. The summed E-state index contributed by atoms with van der Waals surface area (Å²) in [6.45, 7) is 2.11. The van der Waals surface area contributed by atoms with Gasteiger partial charge in [0, 0.05) is 6.42 Å². The Morgan fingerprint density at radius 1 is 1.07 bits per heavy atom. The lowest BCUT2D eigenvalue weighted by molar-refractivity contribution is -0.137.